The predicted molar refractivity (Wildman–Crippen MR) is 71.4 cm³/mol. The molecule has 0 atom stereocenters. The van der Waals surface area contributed by atoms with Crippen molar-refractivity contribution >= 4 is 22.4 Å². The molecule has 0 amide bonds. The Labute approximate surface area is 117 Å². The SMILES string of the molecule is Nc1nsc(NC2(C(F)(F)F)CC2)c1-c1cccnc1. The fourth-order valence-corrected chi connectivity index (χ4v) is 2.83. The highest BCUT2D eigenvalue weighted by atomic mass is 32.1. The maximum absolute atomic E-state index is 13.0. The van der Waals surface area contributed by atoms with Crippen molar-refractivity contribution in [1.82, 2.24) is 9.36 Å². The predicted octanol–water partition coefficient (Wildman–Crippen LogP) is 3.29. The van der Waals surface area contributed by atoms with Crippen LogP contribution in [0, 0.1) is 0 Å². The largest absolute Gasteiger partial charge is 0.411 e. The topological polar surface area (TPSA) is 63.8 Å². The van der Waals surface area contributed by atoms with Gasteiger partial charge in [0.05, 0.1) is 5.56 Å². The van der Waals surface area contributed by atoms with Gasteiger partial charge in [0, 0.05) is 18.0 Å². The van der Waals surface area contributed by atoms with Gasteiger partial charge in [-0.2, -0.15) is 17.5 Å². The second-order valence-electron chi connectivity index (χ2n) is 4.72. The molecule has 1 aliphatic rings. The summed E-state index contributed by atoms with van der Waals surface area (Å²) in [5.41, 5.74) is 5.08. The maximum Gasteiger partial charge on any atom is 0.411 e. The number of hydrogen-bond acceptors (Lipinski definition) is 5. The van der Waals surface area contributed by atoms with Gasteiger partial charge in [0.25, 0.3) is 0 Å². The number of nitrogens with two attached hydrogens (primary N) is 1. The van der Waals surface area contributed by atoms with Gasteiger partial charge in [-0.15, -0.1) is 0 Å². The first-order chi connectivity index (χ1) is 9.43. The summed E-state index contributed by atoms with van der Waals surface area (Å²) < 4.78 is 43.0. The van der Waals surface area contributed by atoms with Crippen molar-refractivity contribution in [1.29, 1.82) is 0 Å². The van der Waals surface area contributed by atoms with Crippen LogP contribution in [0.25, 0.3) is 11.1 Å². The Morgan fingerprint density at radius 3 is 2.65 bits per heavy atom. The molecule has 1 saturated carbocycles. The van der Waals surface area contributed by atoms with Crippen molar-refractivity contribution in [3.63, 3.8) is 0 Å². The van der Waals surface area contributed by atoms with E-state index in [1.54, 1.807) is 24.5 Å². The highest BCUT2D eigenvalue weighted by molar-refractivity contribution is 7.11. The molecular weight excluding hydrogens is 289 g/mol. The van der Waals surface area contributed by atoms with Crippen LogP contribution in [-0.2, 0) is 0 Å². The number of pyridine rings is 1. The summed E-state index contributed by atoms with van der Waals surface area (Å²) in [6.07, 6.45) is -0.997. The Kier molecular flexibility index (Phi) is 2.86. The molecular formula is C12H11F3N4S. The molecule has 4 nitrogen and oxygen atoms in total. The number of rotatable bonds is 3. The van der Waals surface area contributed by atoms with Gasteiger partial charge < -0.3 is 11.1 Å². The van der Waals surface area contributed by atoms with Crippen molar-refractivity contribution in [2.45, 2.75) is 24.6 Å². The quantitative estimate of drug-likeness (QED) is 0.913. The zero-order valence-electron chi connectivity index (χ0n) is 10.2. The zero-order chi connectivity index (χ0) is 14.4. The zero-order valence-corrected chi connectivity index (χ0v) is 11.1. The third-order valence-electron chi connectivity index (χ3n) is 3.31. The van der Waals surface area contributed by atoms with Crippen LogP contribution in [0.1, 0.15) is 12.8 Å². The molecule has 0 aliphatic heterocycles. The summed E-state index contributed by atoms with van der Waals surface area (Å²) in [6.45, 7) is 0. The first kappa shape index (κ1) is 13.2. The minimum Gasteiger partial charge on any atom is -0.382 e. The van der Waals surface area contributed by atoms with E-state index in [9.17, 15) is 13.2 Å². The summed E-state index contributed by atoms with van der Waals surface area (Å²) in [5.74, 6) is 0.212. The third-order valence-corrected chi connectivity index (χ3v) is 4.09. The van der Waals surface area contributed by atoms with E-state index >= 15 is 0 Å². The molecule has 8 heteroatoms. The van der Waals surface area contributed by atoms with E-state index < -0.39 is 11.7 Å². The van der Waals surface area contributed by atoms with Crippen molar-refractivity contribution < 1.29 is 13.2 Å². The van der Waals surface area contributed by atoms with E-state index in [1.807, 2.05) is 0 Å². The van der Waals surface area contributed by atoms with Crippen LogP contribution in [0.15, 0.2) is 24.5 Å². The molecule has 20 heavy (non-hydrogen) atoms. The number of halogens is 3. The average molecular weight is 300 g/mol. The smallest absolute Gasteiger partial charge is 0.382 e. The summed E-state index contributed by atoms with van der Waals surface area (Å²) in [4.78, 5) is 3.96. The van der Waals surface area contributed by atoms with E-state index in [-0.39, 0.29) is 18.7 Å². The first-order valence-electron chi connectivity index (χ1n) is 5.93. The lowest BCUT2D eigenvalue weighted by molar-refractivity contribution is -0.150. The van der Waals surface area contributed by atoms with E-state index in [1.165, 1.54) is 0 Å². The van der Waals surface area contributed by atoms with Gasteiger partial charge in [-0.05, 0) is 30.4 Å². The molecule has 0 aromatic carbocycles. The average Bonchev–Trinajstić information content (AvgIpc) is 3.10. The molecule has 2 aromatic rings. The van der Waals surface area contributed by atoms with Gasteiger partial charge >= 0.3 is 6.18 Å². The van der Waals surface area contributed by atoms with Gasteiger partial charge in [-0.3, -0.25) is 4.98 Å². The fraction of sp³-hybridized carbons (Fsp3) is 0.333. The van der Waals surface area contributed by atoms with E-state index in [4.69, 9.17) is 5.73 Å². The maximum atomic E-state index is 13.0. The molecule has 0 radical (unpaired) electrons. The first-order valence-corrected chi connectivity index (χ1v) is 6.71. The van der Waals surface area contributed by atoms with Gasteiger partial charge in [0.2, 0.25) is 0 Å². The number of aromatic nitrogens is 2. The molecule has 0 bridgehead atoms. The van der Waals surface area contributed by atoms with Gasteiger partial charge in [-0.1, -0.05) is 6.07 Å². The number of alkyl halides is 3. The van der Waals surface area contributed by atoms with Crippen LogP contribution < -0.4 is 11.1 Å². The molecule has 0 spiro atoms. The van der Waals surface area contributed by atoms with Crippen LogP contribution in [-0.4, -0.2) is 21.1 Å². The van der Waals surface area contributed by atoms with Gasteiger partial charge in [-0.25, -0.2) is 0 Å². The van der Waals surface area contributed by atoms with Crippen LogP contribution in [0.5, 0.6) is 0 Å². The molecule has 1 aliphatic carbocycles. The minimum absolute atomic E-state index is 0.0702. The van der Waals surface area contributed by atoms with Crippen LogP contribution in [0.3, 0.4) is 0 Å². The summed E-state index contributed by atoms with van der Waals surface area (Å²) in [5, 5.41) is 2.92. The lowest BCUT2D eigenvalue weighted by Gasteiger charge is -2.21. The summed E-state index contributed by atoms with van der Waals surface area (Å²) >= 11 is 0.940. The number of anilines is 2. The number of nitrogen functional groups attached to an aromatic ring is 1. The Morgan fingerprint density at radius 2 is 2.10 bits per heavy atom. The standard InChI is InChI=1S/C12H11F3N4S/c13-12(14,15)11(3-4-11)18-10-8(9(16)19-20-10)7-2-1-5-17-6-7/h1-2,5-6,18H,3-4H2,(H2,16,19). The fourth-order valence-electron chi connectivity index (χ4n) is 2.00. The molecule has 0 unspecified atom stereocenters. The third kappa shape index (κ3) is 2.09. The lowest BCUT2D eigenvalue weighted by Crippen LogP contribution is -2.38. The van der Waals surface area contributed by atoms with E-state index in [0.717, 1.165) is 11.5 Å². The highest BCUT2D eigenvalue weighted by Gasteiger charge is 2.63. The van der Waals surface area contributed by atoms with E-state index in [2.05, 4.69) is 14.7 Å². The molecule has 2 heterocycles. The molecule has 3 rings (SSSR count). The van der Waals surface area contributed by atoms with Gasteiger partial charge in [0.1, 0.15) is 16.4 Å². The number of nitrogens with zero attached hydrogens (tertiary/aromatic N) is 2. The van der Waals surface area contributed by atoms with Crippen molar-refractivity contribution in [3.8, 4) is 11.1 Å². The van der Waals surface area contributed by atoms with Gasteiger partial charge in [0.15, 0.2) is 0 Å². The normalized spacial score (nSPS) is 16.9. The number of hydrogen-bond donors (Lipinski definition) is 2. The van der Waals surface area contributed by atoms with Crippen LogP contribution in [0.4, 0.5) is 24.0 Å². The molecule has 2 aromatic heterocycles. The Balaban J connectivity index is 1.97. The van der Waals surface area contributed by atoms with Crippen LogP contribution in [0.2, 0.25) is 0 Å². The second-order valence-corrected chi connectivity index (χ2v) is 5.49. The van der Waals surface area contributed by atoms with Crippen molar-refractivity contribution in [2.24, 2.45) is 0 Å². The lowest BCUT2D eigenvalue weighted by atomic mass is 10.1. The Hall–Kier alpha value is -1.83. The Morgan fingerprint density at radius 1 is 1.35 bits per heavy atom. The molecule has 0 saturated heterocycles. The van der Waals surface area contributed by atoms with E-state index in [0.29, 0.717) is 16.1 Å². The Bertz CT molecular complexity index is 619. The van der Waals surface area contributed by atoms with Crippen molar-refractivity contribution in [3.05, 3.63) is 24.5 Å². The minimum atomic E-state index is -4.28. The van der Waals surface area contributed by atoms with Crippen LogP contribution >= 0.6 is 11.5 Å². The molecule has 106 valence electrons. The highest BCUT2D eigenvalue weighted by Crippen LogP contribution is 2.53. The monoisotopic (exact) mass is 300 g/mol. The van der Waals surface area contributed by atoms with Crippen molar-refractivity contribution in [2.75, 3.05) is 11.1 Å². The molecule has 1 fully saturated rings. The second kappa shape index (κ2) is 4.34. The summed E-state index contributed by atoms with van der Waals surface area (Å²) in [7, 11) is 0. The molecule has 3 N–H and O–H groups in total. The number of nitrogens with one attached hydrogen (secondary N) is 1. The summed E-state index contributed by atoms with van der Waals surface area (Å²) in [6, 6.07) is 3.44.